The maximum atomic E-state index is 5.06. The Bertz CT molecular complexity index is 833. The van der Waals surface area contributed by atoms with Crippen LogP contribution in [0.5, 0.6) is 0 Å². The summed E-state index contributed by atoms with van der Waals surface area (Å²) >= 11 is 0. The fourth-order valence-corrected chi connectivity index (χ4v) is 3.93. The van der Waals surface area contributed by atoms with E-state index in [9.17, 15) is 0 Å². The number of fused-ring (bicyclic) bond motifs is 1. The number of nitrogens with one attached hydrogen (secondary N) is 1. The van der Waals surface area contributed by atoms with Crippen molar-refractivity contribution in [3.05, 3.63) is 65.9 Å². The van der Waals surface area contributed by atoms with Crippen LogP contribution >= 0.6 is 0 Å². The number of nitrogens with zero attached hydrogens (tertiary/aromatic N) is 1. The molecule has 2 nitrogen and oxygen atoms in total. The van der Waals surface area contributed by atoms with Crippen molar-refractivity contribution in [2.45, 2.75) is 44.9 Å². The number of rotatable bonds is 3. The molecule has 1 saturated carbocycles. The van der Waals surface area contributed by atoms with Crippen molar-refractivity contribution in [3.63, 3.8) is 0 Å². The second kappa shape index (κ2) is 6.64. The van der Waals surface area contributed by atoms with Crippen molar-refractivity contribution in [2.24, 2.45) is 0 Å². The number of hydrogen-bond donors (Lipinski definition) is 1. The summed E-state index contributed by atoms with van der Waals surface area (Å²) < 4.78 is 0. The molecule has 1 aliphatic carbocycles. The molecule has 0 atom stereocenters. The molecule has 4 rings (SSSR count). The van der Waals surface area contributed by atoms with Crippen molar-refractivity contribution < 1.29 is 0 Å². The maximum absolute atomic E-state index is 5.06. The minimum absolute atomic E-state index is 0.611. The molecule has 3 aromatic rings. The van der Waals surface area contributed by atoms with Crippen LogP contribution in [0.15, 0.2) is 54.6 Å². The minimum atomic E-state index is 0.611. The van der Waals surface area contributed by atoms with E-state index in [-0.39, 0.29) is 0 Å². The van der Waals surface area contributed by atoms with E-state index in [1.807, 2.05) is 0 Å². The molecular formula is C22H24N2. The Morgan fingerprint density at radius 3 is 2.38 bits per heavy atom. The Morgan fingerprint density at radius 1 is 0.875 bits per heavy atom. The van der Waals surface area contributed by atoms with Gasteiger partial charge in [-0.3, -0.25) is 4.98 Å². The lowest BCUT2D eigenvalue weighted by Gasteiger charge is -2.25. The predicted molar refractivity (Wildman–Crippen MR) is 102 cm³/mol. The van der Waals surface area contributed by atoms with Crippen LogP contribution in [-0.4, -0.2) is 4.98 Å². The highest BCUT2D eigenvalue weighted by molar-refractivity contribution is 5.95. The van der Waals surface area contributed by atoms with Crippen LogP contribution in [0, 0.1) is 6.92 Å². The van der Waals surface area contributed by atoms with Gasteiger partial charge in [0.2, 0.25) is 0 Å². The van der Waals surface area contributed by atoms with Crippen LogP contribution in [0.3, 0.4) is 0 Å². The topological polar surface area (TPSA) is 24.9 Å². The third-order valence-corrected chi connectivity index (χ3v) is 5.21. The first-order valence-corrected chi connectivity index (χ1v) is 9.04. The molecule has 0 amide bonds. The van der Waals surface area contributed by atoms with Gasteiger partial charge in [-0.15, -0.1) is 0 Å². The van der Waals surface area contributed by atoms with E-state index < -0.39 is 0 Å². The van der Waals surface area contributed by atoms with Crippen molar-refractivity contribution in [2.75, 3.05) is 5.32 Å². The Hall–Kier alpha value is -2.35. The van der Waals surface area contributed by atoms with Gasteiger partial charge in [0, 0.05) is 22.7 Å². The molecule has 0 bridgehead atoms. The highest BCUT2D eigenvalue weighted by atomic mass is 14.9. The zero-order chi connectivity index (χ0) is 16.4. The van der Waals surface area contributed by atoms with Crippen LogP contribution in [0.1, 0.15) is 49.3 Å². The van der Waals surface area contributed by atoms with E-state index in [1.165, 1.54) is 54.4 Å². The molecule has 0 radical (unpaired) electrons. The Morgan fingerprint density at radius 2 is 1.58 bits per heavy atom. The van der Waals surface area contributed by atoms with Gasteiger partial charge in [-0.05, 0) is 43.5 Å². The predicted octanol–water partition coefficient (Wildman–Crippen LogP) is 6.33. The molecule has 0 saturated heterocycles. The highest BCUT2D eigenvalue weighted by Crippen LogP contribution is 2.38. The molecular weight excluding hydrogens is 292 g/mol. The standard InChI is InChI=1S/C22H24N2/c1-16-21(17-10-4-2-5-11-17)24-20-15-9-8-14-19(20)22(16)23-18-12-6-3-7-13-18/h3,6-9,12-15,17H,2,4-5,10-11H2,1H3,(H,23,24). The van der Waals surface area contributed by atoms with Crippen LogP contribution in [0.4, 0.5) is 11.4 Å². The van der Waals surface area contributed by atoms with Crippen LogP contribution < -0.4 is 5.32 Å². The molecule has 0 aliphatic heterocycles. The Kier molecular flexibility index (Phi) is 4.20. The summed E-state index contributed by atoms with van der Waals surface area (Å²) in [5, 5.41) is 4.86. The molecule has 2 aromatic carbocycles. The lowest BCUT2D eigenvalue weighted by atomic mass is 9.84. The fraction of sp³-hybridized carbons (Fsp3) is 0.318. The number of hydrogen-bond acceptors (Lipinski definition) is 2. The van der Waals surface area contributed by atoms with Gasteiger partial charge >= 0.3 is 0 Å². The van der Waals surface area contributed by atoms with E-state index in [4.69, 9.17) is 4.98 Å². The van der Waals surface area contributed by atoms with E-state index in [0.29, 0.717) is 5.92 Å². The van der Waals surface area contributed by atoms with Gasteiger partial charge in [0.15, 0.2) is 0 Å². The van der Waals surface area contributed by atoms with E-state index >= 15 is 0 Å². The fourth-order valence-electron chi connectivity index (χ4n) is 3.93. The third-order valence-electron chi connectivity index (χ3n) is 5.21. The van der Waals surface area contributed by atoms with Gasteiger partial charge in [-0.2, -0.15) is 0 Å². The summed E-state index contributed by atoms with van der Waals surface area (Å²) in [7, 11) is 0. The number of pyridine rings is 1. The first kappa shape index (κ1) is 15.2. The van der Waals surface area contributed by atoms with Gasteiger partial charge in [-0.1, -0.05) is 55.7 Å². The molecule has 1 fully saturated rings. The van der Waals surface area contributed by atoms with Crippen LogP contribution in [0.25, 0.3) is 10.9 Å². The molecule has 122 valence electrons. The van der Waals surface area contributed by atoms with Gasteiger partial charge in [0.1, 0.15) is 0 Å². The zero-order valence-electron chi connectivity index (χ0n) is 14.3. The molecule has 1 aromatic heterocycles. The van der Waals surface area contributed by atoms with Gasteiger partial charge in [-0.25, -0.2) is 0 Å². The lowest BCUT2D eigenvalue weighted by Crippen LogP contribution is -2.10. The van der Waals surface area contributed by atoms with Crippen molar-refractivity contribution >= 4 is 22.3 Å². The monoisotopic (exact) mass is 316 g/mol. The summed E-state index contributed by atoms with van der Waals surface area (Å²) in [5.74, 6) is 0.611. The van der Waals surface area contributed by atoms with Gasteiger partial charge in [0.25, 0.3) is 0 Å². The van der Waals surface area contributed by atoms with Gasteiger partial charge in [0.05, 0.1) is 11.2 Å². The number of anilines is 2. The van der Waals surface area contributed by atoms with E-state index in [0.717, 1.165) is 11.2 Å². The number of aromatic nitrogens is 1. The largest absolute Gasteiger partial charge is 0.355 e. The minimum Gasteiger partial charge on any atom is -0.355 e. The van der Waals surface area contributed by atoms with Crippen molar-refractivity contribution in [1.29, 1.82) is 0 Å². The first-order valence-electron chi connectivity index (χ1n) is 9.04. The molecule has 24 heavy (non-hydrogen) atoms. The third kappa shape index (κ3) is 2.89. The summed E-state index contributed by atoms with van der Waals surface area (Å²) in [5.41, 5.74) is 6.05. The molecule has 1 heterocycles. The SMILES string of the molecule is Cc1c(C2CCCCC2)nc2ccccc2c1Nc1ccccc1. The molecule has 0 unspecified atom stereocenters. The summed E-state index contributed by atoms with van der Waals surface area (Å²) in [6, 6.07) is 18.9. The molecule has 2 heteroatoms. The first-order chi connectivity index (χ1) is 11.8. The number of para-hydroxylation sites is 2. The van der Waals surface area contributed by atoms with Crippen molar-refractivity contribution in [3.8, 4) is 0 Å². The average Bonchev–Trinajstić information content (AvgIpc) is 2.65. The number of benzene rings is 2. The van der Waals surface area contributed by atoms with E-state index in [2.05, 4.69) is 66.8 Å². The summed E-state index contributed by atoms with van der Waals surface area (Å²) in [6.07, 6.45) is 6.59. The summed E-state index contributed by atoms with van der Waals surface area (Å²) in [6.45, 7) is 2.23. The van der Waals surface area contributed by atoms with E-state index in [1.54, 1.807) is 0 Å². The van der Waals surface area contributed by atoms with Gasteiger partial charge < -0.3 is 5.32 Å². The quantitative estimate of drug-likeness (QED) is 0.610. The highest BCUT2D eigenvalue weighted by Gasteiger charge is 2.21. The zero-order valence-corrected chi connectivity index (χ0v) is 14.3. The normalized spacial score (nSPS) is 15.5. The average molecular weight is 316 g/mol. The van der Waals surface area contributed by atoms with Crippen LogP contribution in [-0.2, 0) is 0 Å². The van der Waals surface area contributed by atoms with Crippen LogP contribution in [0.2, 0.25) is 0 Å². The summed E-state index contributed by atoms with van der Waals surface area (Å²) in [4.78, 5) is 5.06. The smallest absolute Gasteiger partial charge is 0.0726 e. The second-order valence-corrected chi connectivity index (χ2v) is 6.84. The maximum Gasteiger partial charge on any atom is 0.0726 e. The molecule has 1 aliphatic rings. The molecule has 0 spiro atoms. The molecule has 1 N–H and O–H groups in total. The van der Waals surface area contributed by atoms with Crippen molar-refractivity contribution in [1.82, 2.24) is 4.98 Å². The lowest BCUT2D eigenvalue weighted by molar-refractivity contribution is 0.436. The Labute approximate surface area is 143 Å². The Balaban J connectivity index is 1.84. The second-order valence-electron chi connectivity index (χ2n) is 6.84.